The highest BCUT2D eigenvalue weighted by Crippen LogP contribution is 2.23. The zero-order valence-corrected chi connectivity index (χ0v) is 13.7. The van der Waals surface area contributed by atoms with E-state index in [1.54, 1.807) is 24.3 Å². The van der Waals surface area contributed by atoms with Crippen LogP contribution >= 0.6 is 11.6 Å². The molecule has 0 saturated heterocycles. The summed E-state index contributed by atoms with van der Waals surface area (Å²) < 4.78 is 4.84. The van der Waals surface area contributed by atoms with Crippen molar-refractivity contribution < 1.29 is 14.6 Å². The third kappa shape index (κ3) is 4.37. The highest BCUT2D eigenvalue weighted by atomic mass is 35.5. The Bertz CT molecular complexity index is 757. The van der Waals surface area contributed by atoms with Gasteiger partial charge in [-0.15, -0.1) is 0 Å². The third-order valence-corrected chi connectivity index (χ3v) is 3.86. The van der Waals surface area contributed by atoms with Gasteiger partial charge in [0.1, 0.15) is 22.7 Å². The molecular weight excluding hydrogens is 330 g/mol. The molecule has 1 heterocycles. The van der Waals surface area contributed by atoms with Crippen LogP contribution in [0.25, 0.3) is 0 Å². The molecule has 2 rings (SSSR count). The van der Waals surface area contributed by atoms with Crippen molar-refractivity contribution in [3.05, 3.63) is 52.7 Å². The molecule has 0 saturated carbocycles. The number of benzene rings is 1. The normalized spacial score (nSPS) is 11.4. The molecule has 6 nitrogen and oxygen atoms in total. The largest absolute Gasteiger partial charge is 0.508 e. The Morgan fingerprint density at radius 3 is 2.75 bits per heavy atom. The first-order valence-corrected chi connectivity index (χ1v) is 7.57. The van der Waals surface area contributed by atoms with Gasteiger partial charge in [0.05, 0.1) is 18.6 Å². The molecule has 0 unspecified atom stereocenters. The van der Waals surface area contributed by atoms with E-state index in [-0.39, 0.29) is 23.3 Å². The number of ether oxygens (including phenoxy) is 1. The monoisotopic (exact) mass is 345 g/mol. The highest BCUT2D eigenvalue weighted by Gasteiger charge is 2.20. The van der Waals surface area contributed by atoms with Crippen LogP contribution in [0.3, 0.4) is 0 Å². The number of hydrogen-bond donors (Lipinski definition) is 2. The minimum Gasteiger partial charge on any atom is -0.508 e. The molecule has 0 amide bonds. The molecule has 2 N–H and O–H groups in total. The van der Waals surface area contributed by atoms with Gasteiger partial charge in [-0.2, -0.15) is 5.26 Å². The molecule has 1 aromatic heterocycles. The minimum atomic E-state index is -0.469. The summed E-state index contributed by atoms with van der Waals surface area (Å²) >= 11 is 6.09. The van der Waals surface area contributed by atoms with Crippen molar-refractivity contribution in [2.45, 2.75) is 6.42 Å². The standard InChI is InChI=1S/C17H16ClN3O3/c1-24-17(23)13(8-11-2-4-14(22)5-3-11)10-21-16-15(18)12(9-19)6-7-20-16/h2-7,13,22H,8,10H2,1H3,(H,20,21)/t13-/m0/s1. The molecule has 0 fully saturated rings. The molecule has 24 heavy (non-hydrogen) atoms. The van der Waals surface area contributed by atoms with Crippen molar-refractivity contribution in [3.63, 3.8) is 0 Å². The molecule has 0 aliphatic heterocycles. The van der Waals surface area contributed by atoms with E-state index in [4.69, 9.17) is 21.6 Å². The topological polar surface area (TPSA) is 95.2 Å². The van der Waals surface area contributed by atoms with Crippen LogP contribution in [-0.2, 0) is 16.0 Å². The number of nitriles is 1. The lowest BCUT2D eigenvalue weighted by Crippen LogP contribution is -2.27. The van der Waals surface area contributed by atoms with Crippen molar-refractivity contribution in [1.29, 1.82) is 5.26 Å². The van der Waals surface area contributed by atoms with Gasteiger partial charge in [0.2, 0.25) is 0 Å². The van der Waals surface area contributed by atoms with Crippen LogP contribution in [0.5, 0.6) is 5.75 Å². The van der Waals surface area contributed by atoms with E-state index in [0.29, 0.717) is 17.8 Å². The van der Waals surface area contributed by atoms with Crippen molar-refractivity contribution >= 4 is 23.4 Å². The second kappa shape index (κ2) is 8.18. The van der Waals surface area contributed by atoms with E-state index in [2.05, 4.69) is 10.3 Å². The molecule has 0 spiro atoms. The molecule has 7 heteroatoms. The smallest absolute Gasteiger partial charge is 0.310 e. The Hall–Kier alpha value is -2.78. The van der Waals surface area contributed by atoms with Crippen LogP contribution in [0.15, 0.2) is 36.5 Å². The summed E-state index contributed by atoms with van der Waals surface area (Å²) in [6, 6.07) is 10.1. The number of methoxy groups -OCH3 is 1. The maximum atomic E-state index is 12.0. The second-order valence-corrected chi connectivity index (χ2v) is 5.48. The number of aromatic nitrogens is 1. The molecular formula is C17H16ClN3O3. The fraction of sp³-hybridized carbons (Fsp3) is 0.235. The number of carbonyl (C=O) groups is 1. The van der Waals surface area contributed by atoms with E-state index in [1.807, 2.05) is 6.07 Å². The number of halogens is 1. The first kappa shape index (κ1) is 17.6. The second-order valence-electron chi connectivity index (χ2n) is 5.10. The van der Waals surface area contributed by atoms with Crippen molar-refractivity contribution in [1.82, 2.24) is 4.98 Å². The highest BCUT2D eigenvalue weighted by molar-refractivity contribution is 6.34. The quantitative estimate of drug-likeness (QED) is 0.782. The number of phenols is 1. The summed E-state index contributed by atoms with van der Waals surface area (Å²) in [7, 11) is 1.33. The summed E-state index contributed by atoms with van der Waals surface area (Å²) in [6.45, 7) is 0.245. The summed E-state index contributed by atoms with van der Waals surface area (Å²) in [4.78, 5) is 16.1. The predicted octanol–water partition coefficient (Wildman–Crippen LogP) is 2.76. The number of anilines is 1. The zero-order chi connectivity index (χ0) is 17.5. The van der Waals surface area contributed by atoms with E-state index in [0.717, 1.165) is 5.56 Å². The Morgan fingerprint density at radius 2 is 2.12 bits per heavy atom. The predicted molar refractivity (Wildman–Crippen MR) is 89.8 cm³/mol. The van der Waals surface area contributed by atoms with Crippen molar-refractivity contribution in [2.75, 3.05) is 19.0 Å². The van der Waals surface area contributed by atoms with Crippen molar-refractivity contribution in [3.8, 4) is 11.8 Å². The molecule has 1 atom stereocenters. The number of nitrogens with zero attached hydrogens (tertiary/aromatic N) is 2. The first-order chi connectivity index (χ1) is 11.5. The maximum Gasteiger partial charge on any atom is 0.310 e. The maximum absolute atomic E-state index is 12.0. The Kier molecular flexibility index (Phi) is 5.99. The summed E-state index contributed by atoms with van der Waals surface area (Å²) in [5.41, 5.74) is 1.19. The number of pyridine rings is 1. The number of aromatic hydroxyl groups is 1. The third-order valence-electron chi connectivity index (χ3n) is 3.48. The van der Waals surface area contributed by atoms with Gasteiger partial charge in [-0.25, -0.2) is 4.98 Å². The van der Waals surface area contributed by atoms with Crippen LogP contribution in [0, 0.1) is 17.2 Å². The average Bonchev–Trinajstić information content (AvgIpc) is 2.60. The Morgan fingerprint density at radius 1 is 1.42 bits per heavy atom. The minimum absolute atomic E-state index is 0.163. The number of esters is 1. The molecule has 0 radical (unpaired) electrons. The lowest BCUT2D eigenvalue weighted by atomic mass is 9.99. The Labute approximate surface area is 144 Å². The fourth-order valence-electron chi connectivity index (χ4n) is 2.20. The number of nitrogens with one attached hydrogen (secondary N) is 1. The number of carbonyl (C=O) groups excluding carboxylic acids is 1. The molecule has 0 aliphatic rings. The van der Waals surface area contributed by atoms with Crippen LogP contribution in [0.4, 0.5) is 5.82 Å². The van der Waals surface area contributed by atoms with Gasteiger partial charge in [0.25, 0.3) is 0 Å². The van der Waals surface area contributed by atoms with E-state index in [9.17, 15) is 9.90 Å². The van der Waals surface area contributed by atoms with Crippen LogP contribution in [-0.4, -0.2) is 29.7 Å². The zero-order valence-electron chi connectivity index (χ0n) is 13.0. The van der Waals surface area contributed by atoms with E-state index >= 15 is 0 Å². The van der Waals surface area contributed by atoms with Crippen LogP contribution < -0.4 is 5.32 Å². The van der Waals surface area contributed by atoms with Gasteiger partial charge in [0.15, 0.2) is 0 Å². The summed E-state index contributed by atoms with van der Waals surface area (Å²) in [6.07, 6.45) is 1.90. The van der Waals surface area contributed by atoms with Gasteiger partial charge in [-0.05, 0) is 30.2 Å². The molecule has 0 aliphatic carbocycles. The van der Waals surface area contributed by atoms with Gasteiger partial charge in [-0.1, -0.05) is 23.7 Å². The molecule has 124 valence electrons. The molecule has 2 aromatic rings. The van der Waals surface area contributed by atoms with Gasteiger partial charge < -0.3 is 15.2 Å². The average molecular weight is 346 g/mol. The van der Waals surface area contributed by atoms with Crippen LogP contribution in [0.2, 0.25) is 5.02 Å². The van der Waals surface area contributed by atoms with Gasteiger partial charge in [0, 0.05) is 12.7 Å². The lowest BCUT2D eigenvalue weighted by Gasteiger charge is -2.16. The summed E-state index contributed by atoms with van der Waals surface area (Å²) in [5.74, 6) is -0.336. The van der Waals surface area contributed by atoms with E-state index < -0.39 is 5.92 Å². The molecule has 0 bridgehead atoms. The first-order valence-electron chi connectivity index (χ1n) is 7.19. The fourth-order valence-corrected chi connectivity index (χ4v) is 2.42. The van der Waals surface area contributed by atoms with Gasteiger partial charge in [-0.3, -0.25) is 4.79 Å². The number of phenolic OH excluding ortho intramolecular Hbond substituents is 1. The van der Waals surface area contributed by atoms with Crippen LogP contribution in [0.1, 0.15) is 11.1 Å². The number of hydrogen-bond acceptors (Lipinski definition) is 6. The van der Waals surface area contributed by atoms with E-state index in [1.165, 1.54) is 19.4 Å². The molecule has 1 aromatic carbocycles. The van der Waals surface area contributed by atoms with Crippen molar-refractivity contribution in [2.24, 2.45) is 5.92 Å². The van der Waals surface area contributed by atoms with Gasteiger partial charge >= 0.3 is 5.97 Å². The number of rotatable bonds is 6. The SMILES string of the molecule is COC(=O)[C@H](CNc1nccc(C#N)c1Cl)Cc1ccc(O)cc1. The lowest BCUT2D eigenvalue weighted by molar-refractivity contribution is -0.144. The Balaban J connectivity index is 2.11. The summed E-state index contributed by atoms with van der Waals surface area (Å²) in [5, 5.41) is 21.5.